The molecule has 0 unspecified atom stereocenters. The number of aromatic carboxylic acids is 1. The maximum Gasteiger partial charge on any atom is 0.354 e. The first-order valence-corrected chi connectivity index (χ1v) is 5.99. The normalized spacial score (nSPS) is 10.5. The van der Waals surface area contributed by atoms with E-state index in [-0.39, 0.29) is 15.7 Å². The van der Waals surface area contributed by atoms with E-state index >= 15 is 0 Å². The summed E-state index contributed by atoms with van der Waals surface area (Å²) in [5.41, 5.74) is 0.249. The van der Waals surface area contributed by atoms with Crippen molar-refractivity contribution in [2.24, 2.45) is 0 Å². The lowest BCUT2D eigenvalue weighted by atomic mass is 10.3. The SMILES string of the molecule is Cc1cc(C(=O)O)nc(Sc2cc(F)ccc2F)n1. The highest BCUT2D eigenvalue weighted by molar-refractivity contribution is 7.99. The van der Waals surface area contributed by atoms with Gasteiger partial charge in [-0.25, -0.2) is 23.5 Å². The van der Waals surface area contributed by atoms with E-state index in [1.165, 1.54) is 6.07 Å². The number of hydrogen-bond donors (Lipinski definition) is 1. The molecule has 1 aromatic carbocycles. The van der Waals surface area contributed by atoms with Crippen LogP contribution in [-0.2, 0) is 0 Å². The van der Waals surface area contributed by atoms with Crippen LogP contribution in [0.2, 0.25) is 0 Å². The second-order valence-corrected chi connectivity index (χ2v) is 4.67. The predicted molar refractivity (Wildman–Crippen MR) is 64.2 cm³/mol. The van der Waals surface area contributed by atoms with Gasteiger partial charge in [0.15, 0.2) is 10.9 Å². The van der Waals surface area contributed by atoms with Gasteiger partial charge in [-0.15, -0.1) is 0 Å². The van der Waals surface area contributed by atoms with Gasteiger partial charge in [-0.05, 0) is 43.0 Å². The van der Waals surface area contributed by atoms with Crippen LogP contribution in [-0.4, -0.2) is 21.0 Å². The average molecular weight is 282 g/mol. The minimum Gasteiger partial charge on any atom is -0.477 e. The molecular weight excluding hydrogens is 274 g/mol. The van der Waals surface area contributed by atoms with Crippen molar-refractivity contribution >= 4 is 17.7 Å². The van der Waals surface area contributed by atoms with E-state index in [0.29, 0.717) is 5.69 Å². The number of hydrogen-bond acceptors (Lipinski definition) is 4. The molecule has 1 heterocycles. The molecule has 0 fully saturated rings. The fourth-order valence-corrected chi connectivity index (χ4v) is 2.22. The lowest BCUT2D eigenvalue weighted by Crippen LogP contribution is -2.03. The first kappa shape index (κ1) is 13.4. The molecule has 0 aliphatic rings. The summed E-state index contributed by atoms with van der Waals surface area (Å²) in [7, 11) is 0. The third kappa shape index (κ3) is 3.25. The van der Waals surface area contributed by atoms with Gasteiger partial charge in [0, 0.05) is 5.69 Å². The number of carboxylic acids is 1. The molecule has 2 rings (SSSR count). The Morgan fingerprint density at radius 2 is 2.00 bits per heavy atom. The Labute approximate surface area is 111 Å². The van der Waals surface area contributed by atoms with Crippen molar-refractivity contribution in [3.8, 4) is 0 Å². The van der Waals surface area contributed by atoms with Gasteiger partial charge in [-0.3, -0.25) is 0 Å². The molecule has 1 N–H and O–H groups in total. The highest BCUT2D eigenvalue weighted by atomic mass is 32.2. The van der Waals surface area contributed by atoms with E-state index < -0.39 is 17.6 Å². The van der Waals surface area contributed by atoms with Gasteiger partial charge in [-0.1, -0.05) is 0 Å². The number of carboxylic acid groups (broad SMARTS) is 1. The summed E-state index contributed by atoms with van der Waals surface area (Å²) in [5.74, 6) is -2.41. The molecule has 0 aliphatic carbocycles. The zero-order chi connectivity index (χ0) is 14.0. The number of nitrogens with zero attached hydrogens (tertiary/aromatic N) is 2. The van der Waals surface area contributed by atoms with E-state index in [0.717, 1.165) is 30.0 Å². The molecule has 0 saturated heterocycles. The summed E-state index contributed by atoms with van der Waals surface area (Å²) in [6, 6.07) is 4.30. The van der Waals surface area contributed by atoms with Crippen LogP contribution in [0, 0.1) is 18.6 Å². The lowest BCUT2D eigenvalue weighted by molar-refractivity contribution is 0.0689. The molecule has 0 radical (unpaired) electrons. The fourth-order valence-electron chi connectivity index (χ4n) is 1.35. The fraction of sp³-hybridized carbons (Fsp3) is 0.0833. The first-order chi connectivity index (χ1) is 8.95. The predicted octanol–water partition coefficient (Wildman–Crippen LogP) is 2.91. The van der Waals surface area contributed by atoms with E-state index in [4.69, 9.17) is 5.11 Å². The average Bonchev–Trinajstić information content (AvgIpc) is 2.33. The van der Waals surface area contributed by atoms with Gasteiger partial charge in [-0.2, -0.15) is 0 Å². The van der Waals surface area contributed by atoms with Gasteiger partial charge >= 0.3 is 5.97 Å². The monoisotopic (exact) mass is 282 g/mol. The number of aromatic nitrogens is 2. The summed E-state index contributed by atoms with van der Waals surface area (Å²) < 4.78 is 26.5. The highest BCUT2D eigenvalue weighted by Gasteiger charge is 2.12. The van der Waals surface area contributed by atoms with Crippen LogP contribution in [0.5, 0.6) is 0 Å². The van der Waals surface area contributed by atoms with Crippen molar-refractivity contribution in [1.82, 2.24) is 9.97 Å². The van der Waals surface area contributed by atoms with Crippen molar-refractivity contribution in [3.05, 3.63) is 47.3 Å². The number of carbonyl (C=O) groups is 1. The molecule has 0 aliphatic heterocycles. The molecule has 0 saturated carbocycles. The molecule has 2 aromatic rings. The maximum atomic E-state index is 13.5. The van der Waals surface area contributed by atoms with Crippen LogP contribution in [0.1, 0.15) is 16.2 Å². The van der Waals surface area contributed by atoms with Crippen molar-refractivity contribution in [1.29, 1.82) is 0 Å². The van der Waals surface area contributed by atoms with Crippen LogP contribution in [0.15, 0.2) is 34.3 Å². The zero-order valence-electron chi connectivity index (χ0n) is 9.72. The van der Waals surface area contributed by atoms with Crippen molar-refractivity contribution in [2.75, 3.05) is 0 Å². The summed E-state index contributed by atoms with van der Waals surface area (Å²) in [4.78, 5) is 18.6. The van der Waals surface area contributed by atoms with Gasteiger partial charge in [0.1, 0.15) is 11.6 Å². The molecule has 1 aromatic heterocycles. The number of rotatable bonds is 3. The zero-order valence-corrected chi connectivity index (χ0v) is 10.5. The number of aryl methyl sites for hydroxylation is 1. The Hall–Kier alpha value is -2.02. The minimum atomic E-state index is -1.20. The Balaban J connectivity index is 2.38. The topological polar surface area (TPSA) is 63.1 Å². The van der Waals surface area contributed by atoms with E-state index in [1.54, 1.807) is 6.92 Å². The third-order valence-electron chi connectivity index (χ3n) is 2.15. The van der Waals surface area contributed by atoms with Gasteiger partial charge in [0.2, 0.25) is 0 Å². The minimum absolute atomic E-state index is 0.00180. The maximum absolute atomic E-state index is 13.5. The molecule has 0 amide bonds. The van der Waals surface area contributed by atoms with Gasteiger partial charge < -0.3 is 5.11 Å². The highest BCUT2D eigenvalue weighted by Crippen LogP contribution is 2.28. The van der Waals surface area contributed by atoms with Gasteiger partial charge in [0.25, 0.3) is 0 Å². The van der Waals surface area contributed by atoms with Crippen LogP contribution < -0.4 is 0 Å². The summed E-state index contributed by atoms with van der Waals surface area (Å²) in [5, 5.41) is 8.92. The first-order valence-electron chi connectivity index (χ1n) is 5.17. The van der Waals surface area contributed by atoms with Crippen LogP contribution in [0.4, 0.5) is 8.78 Å². The molecule has 4 nitrogen and oxygen atoms in total. The third-order valence-corrected chi connectivity index (χ3v) is 3.05. The van der Waals surface area contributed by atoms with E-state index in [1.807, 2.05) is 0 Å². The molecule has 0 spiro atoms. The Morgan fingerprint density at radius 3 is 2.68 bits per heavy atom. The summed E-state index contributed by atoms with van der Waals surface area (Å²) in [6.45, 7) is 1.60. The van der Waals surface area contributed by atoms with Crippen LogP contribution >= 0.6 is 11.8 Å². The standard InChI is InChI=1S/C12H8F2N2O2S/c1-6-4-9(11(17)18)16-12(15-6)19-10-5-7(13)2-3-8(10)14/h2-5H,1H3,(H,17,18). The summed E-state index contributed by atoms with van der Waals surface area (Å²) >= 11 is 0.774. The Bertz CT molecular complexity index is 650. The molecule has 0 bridgehead atoms. The van der Waals surface area contributed by atoms with Crippen molar-refractivity contribution in [3.63, 3.8) is 0 Å². The second-order valence-electron chi connectivity index (χ2n) is 3.66. The second kappa shape index (κ2) is 5.31. The molecule has 98 valence electrons. The Kier molecular flexibility index (Phi) is 3.75. The Morgan fingerprint density at radius 1 is 1.26 bits per heavy atom. The van der Waals surface area contributed by atoms with Crippen molar-refractivity contribution < 1.29 is 18.7 Å². The van der Waals surface area contributed by atoms with Crippen molar-refractivity contribution in [2.45, 2.75) is 17.0 Å². The number of halogens is 2. The smallest absolute Gasteiger partial charge is 0.354 e. The molecule has 0 atom stereocenters. The van der Waals surface area contributed by atoms with Crippen LogP contribution in [0.3, 0.4) is 0 Å². The van der Waals surface area contributed by atoms with Crippen LogP contribution in [0.25, 0.3) is 0 Å². The largest absolute Gasteiger partial charge is 0.477 e. The quantitative estimate of drug-likeness (QED) is 0.877. The molecule has 19 heavy (non-hydrogen) atoms. The number of benzene rings is 1. The van der Waals surface area contributed by atoms with E-state index in [9.17, 15) is 13.6 Å². The molecule has 7 heteroatoms. The van der Waals surface area contributed by atoms with Gasteiger partial charge in [0.05, 0.1) is 4.90 Å². The van der Waals surface area contributed by atoms with E-state index in [2.05, 4.69) is 9.97 Å². The molecular formula is C12H8F2N2O2S. The lowest BCUT2D eigenvalue weighted by Gasteiger charge is -2.04. The summed E-state index contributed by atoms with van der Waals surface area (Å²) in [6.07, 6.45) is 0.